The quantitative estimate of drug-likeness (QED) is 0.350. The average Bonchev–Trinajstić information content (AvgIpc) is 3.32. The third-order valence-electron chi connectivity index (χ3n) is 6.99. The van der Waals surface area contributed by atoms with Crippen LogP contribution in [0, 0.1) is 15.9 Å². The van der Waals surface area contributed by atoms with E-state index in [0.29, 0.717) is 38.3 Å². The van der Waals surface area contributed by atoms with Gasteiger partial charge in [-0.15, -0.1) is 0 Å². The number of nitro groups is 1. The summed E-state index contributed by atoms with van der Waals surface area (Å²) in [7, 11) is 3.22. The van der Waals surface area contributed by atoms with Crippen LogP contribution in [0.4, 0.5) is 10.1 Å². The molecular formula is C26H23BrFN3O5. The Morgan fingerprint density at radius 1 is 1.22 bits per heavy atom. The van der Waals surface area contributed by atoms with Gasteiger partial charge in [0.2, 0.25) is 0 Å². The van der Waals surface area contributed by atoms with Gasteiger partial charge in [-0.25, -0.2) is 4.39 Å². The predicted octanol–water partition coefficient (Wildman–Crippen LogP) is 4.70. The molecule has 0 radical (unpaired) electrons. The second-order valence-corrected chi connectivity index (χ2v) is 9.79. The van der Waals surface area contributed by atoms with E-state index in [9.17, 15) is 19.3 Å². The smallest absolute Gasteiger partial charge is 0.256 e. The van der Waals surface area contributed by atoms with Crippen molar-refractivity contribution < 1.29 is 23.6 Å². The molecule has 0 aliphatic carbocycles. The van der Waals surface area contributed by atoms with Gasteiger partial charge in [-0.1, -0.05) is 30.3 Å². The van der Waals surface area contributed by atoms with Crippen LogP contribution in [0.5, 0.6) is 11.5 Å². The zero-order chi connectivity index (χ0) is 25.6. The number of halogens is 2. The molecule has 1 saturated heterocycles. The lowest BCUT2D eigenvalue weighted by atomic mass is 9.79. The van der Waals surface area contributed by atoms with Gasteiger partial charge in [-0.3, -0.25) is 19.8 Å². The summed E-state index contributed by atoms with van der Waals surface area (Å²) in [5.41, 5.74) is 1.03. The number of likely N-dealkylation sites (N-methyl/N-ethyl adjacent to an activating group) is 1. The minimum Gasteiger partial charge on any atom is -0.493 e. The first kappa shape index (κ1) is 24.2. The molecule has 2 heterocycles. The molecule has 1 amide bonds. The number of hydrogen-bond donors (Lipinski definition) is 1. The first-order valence-corrected chi connectivity index (χ1v) is 12.1. The highest BCUT2D eigenvalue weighted by Gasteiger charge is 2.68. The van der Waals surface area contributed by atoms with E-state index in [-0.39, 0.29) is 23.9 Å². The lowest BCUT2D eigenvalue weighted by Crippen LogP contribution is -2.54. The van der Waals surface area contributed by atoms with Crippen LogP contribution in [-0.4, -0.2) is 42.5 Å². The summed E-state index contributed by atoms with van der Waals surface area (Å²) in [6.45, 7) is 0.391. The van der Waals surface area contributed by atoms with Crippen LogP contribution in [0.1, 0.15) is 22.6 Å². The van der Waals surface area contributed by atoms with Crippen molar-refractivity contribution in [3.8, 4) is 11.5 Å². The van der Waals surface area contributed by atoms with Gasteiger partial charge in [0.05, 0.1) is 17.5 Å². The fourth-order valence-electron chi connectivity index (χ4n) is 5.46. The van der Waals surface area contributed by atoms with Gasteiger partial charge in [-0.2, -0.15) is 0 Å². The number of carbonyl (C=O) groups excluding carboxylic acids is 1. The number of anilines is 1. The highest BCUT2D eigenvalue weighted by molar-refractivity contribution is 9.10. The molecule has 0 bridgehead atoms. The van der Waals surface area contributed by atoms with Crippen molar-refractivity contribution in [3.63, 3.8) is 0 Å². The van der Waals surface area contributed by atoms with E-state index in [1.807, 2.05) is 0 Å². The summed E-state index contributed by atoms with van der Waals surface area (Å²) in [4.78, 5) is 27.3. The van der Waals surface area contributed by atoms with Crippen molar-refractivity contribution in [2.45, 2.75) is 24.1 Å². The molecule has 186 valence electrons. The van der Waals surface area contributed by atoms with E-state index in [0.717, 1.165) is 0 Å². The highest BCUT2D eigenvalue weighted by atomic mass is 79.9. The number of nitrogens with one attached hydrogen (secondary N) is 1. The van der Waals surface area contributed by atoms with E-state index >= 15 is 0 Å². The summed E-state index contributed by atoms with van der Waals surface area (Å²) >= 11 is 3.52. The molecule has 1 fully saturated rings. The summed E-state index contributed by atoms with van der Waals surface area (Å²) in [6, 6.07) is 15.4. The molecule has 2 aliphatic rings. The van der Waals surface area contributed by atoms with Crippen LogP contribution in [0.2, 0.25) is 0 Å². The van der Waals surface area contributed by atoms with E-state index in [2.05, 4.69) is 21.2 Å². The summed E-state index contributed by atoms with van der Waals surface area (Å²) in [6.07, 6.45) is 0. The largest absolute Gasteiger partial charge is 0.493 e. The number of rotatable bonds is 6. The zero-order valence-corrected chi connectivity index (χ0v) is 21.1. The summed E-state index contributed by atoms with van der Waals surface area (Å²) in [5, 5.41) is 15.4. The van der Waals surface area contributed by atoms with E-state index < -0.39 is 23.4 Å². The molecule has 36 heavy (non-hydrogen) atoms. The first-order chi connectivity index (χ1) is 17.3. The molecule has 0 aromatic heterocycles. The molecular weight excluding hydrogens is 533 g/mol. The lowest BCUT2D eigenvalue weighted by Gasteiger charge is -2.30. The average molecular weight is 556 g/mol. The summed E-state index contributed by atoms with van der Waals surface area (Å²) < 4.78 is 25.6. The molecule has 2 aliphatic heterocycles. The first-order valence-electron chi connectivity index (χ1n) is 11.3. The number of hydrogen-bond acceptors (Lipinski definition) is 6. The number of para-hydroxylation sites is 1. The monoisotopic (exact) mass is 555 g/mol. The van der Waals surface area contributed by atoms with Crippen molar-refractivity contribution in [1.82, 2.24) is 4.90 Å². The van der Waals surface area contributed by atoms with Gasteiger partial charge in [0.1, 0.15) is 12.4 Å². The molecule has 0 unspecified atom stereocenters. The maximum atomic E-state index is 13.5. The standard InChI is InChI=1S/C26H23BrFN3O5/c1-30-13-18(24(31(33)34)26(30)19-8-3-4-9-21(19)29-25(26)32)16-11-20(27)23(22(12-16)35-2)36-14-15-6-5-7-17(28)10-15/h3-12,18,24H,13-14H2,1-2H3,(H,29,32)/t18-,24+,26+/m0/s1. The second-order valence-electron chi connectivity index (χ2n) is 8.94. The lowest BCUT2D eigenvalue weighted by molar-refractivity contribution is -0.534. The fraction of sp³-hybridized carbons (Fsp3) is 0.269. The Morgan fingerprint density at radius 2 is 2.00 bits per heavy atom. The van der Waals surface area contributed by atoms with Gasteiger partial charge >= 0.3 is 0 Å². The Hall–Kier alpha value is -3.50. The molecule has 3 aromatic carbocycles. The van der Waals surface area contributed by atoms with Gasteiger partial charge in [0.25, 0.3) is 11.9 Å². The SMILES string of the molecule is COc1cc([C@@H]2CN(C)[C@@]3(C(=O)Nc4ccccc43)[C@@H]2[N+](=O)[O-])cc(Br)c1OCc1cccc(F)c1. The molecule has 3 aromatic rings. The molecule has 1 spiro atoms. The number of benzene rings is 3. The van der Waals surface area contributed by atoms with Crippen molar-refractivity contribution in [2.24, 2.45) is 0 Å². The predicted molar refractivity (Wildman–Crippen MR) is 134 cm³/mol. The molecule has 8 nitrogen and oxygen atoms in total. The van der Waals surface area contributed by atoms with Crippen molar-refractivity contribution in [3.05, 3.63) is 97.8 Å². The number of methoxy groups -OCH3 is 1. The number of nitrogens with zero attached hydrogens (tertiary/aromatic N) is 2. The van der Waals surface area contributed by atoms with Gasteiger partial charge in [0, 0.05) is 22.7 Å². The number of fused-ring (bicyclic) bond motifs is 2. The van der Waals surface area contributed by atoms with Crippen LogP contribution in [-0.2, 0) is 16.9 Å². The molecule has 10 heteroatoms. The number of ether oxygens (including phenoxy) is 2. The van der Waals surface area contributed by atoms with Gasteiger partial charge in [-0.05, 0) is 64.4 Å². The van der Waals surface area contributed by atoms with Gasteiger partial charge in [0.15, 0.2) is 17.0 Å². The normalized spacial score (nSPS) is 22.9. The van der Waals surface area contributed by atoms with Crippen LogP contribution >= 0.6 is 15.9 Å². The number of amides is 1. The third kappa shape index (κ3) is 3.72. The van der Waals surface area contributed by atoms with E-state index in [1.54, 1.807) is 60.5 Å². The van der Waals surface area contributed by atoms with Crippen LogP contribution in [0.15, 0.2) is 65.1 Å². The Morgan fingerprint density at radius 3 is 2.72 bits per heavy atom. The third-order valence-corrected chi connectivity index (χ3v) is 7.58. The van der Waals surface area contributed by atoms with Crippen LogP contribution in [0.3, 0.4) is 0 Å². The maximum Gasteiger partial charge on any atom is 0.256 e. The molecule has 0 saturated carbocycles. The zero-order valence-electron chi connectivity index (χ0n) is 19.5. The molecule has 5 rings (SSSR count). The second kappa shape index (κ2) is 9.18. The fourth-order valence-corrected chi connectivity index (χ4v) is 6.03. The molecule has 1 N–H and O–H groups in total. The minimum absolute atomic E-state index is 0.107. The van der Waals surface area contributed by atoms with E-state index in [1.165, 1.54) is 19.2 Å². The van der Waals surface area contributed by atoms with Crippen LogP contribution in [0.25, 0.3) is 0 Å². The Labute approximate surface area is 215 Å². The maximum absolute atomic E-state index is 13.5. The summed E-state index contributed by atoms with van der Waals surface area (Å²) in [5.74, 6) is -0.605. The number of carbonyl (C=O) groups is 1. The number of likely N-dealkylation sites (tertiary alicyclic amines) is 1. The highest BCUT2D eigenvalue weighted by Crippen LogP contribution is 2.53. The topological polar surface area (TPSA) is 93.9 Å². The van der Waals surface area contributed by atoms with Gasteiger partial charge < -0.3 is 14.8 Å². The minimum atomic E-state index is -1.43. The molecule has 3 atom stereocenters. The van der Waals surface area contributed by atoms with Crippen molar-refractivity contribution in [2.75, 3.05) is 26.0 Å². The van der Waals surface area contributed by atoms with E-state index in [4.69, 9.17) is 9.47 Å². The Bertz CT molecular complexity index is 1370. The van der Waals surface area contributed by atoms with Crippen LogP contribution < -0.4 is 14.8 Å². The van der Waals surface area contributed by atoms with Crippen molar-refractivity contribution in [1.29, 1.82) is 0 Å². The Kier molecular flexibility index (Phi) is 6.17. The Balaban J connectivity index is 1.53. The van der Waals surface area contributed by atoms with Crippen molar-refractivity contribution >= 4 is 27.5 Å².